The molecule has 1 aromatic heterocycles. The maximum atomic E-state index is 11.7. The molecule has 1 aromatic rings. The normalized spacial score (nSPS) is 10.8. The van der Waals surface area contributed by atoms with Crippen molar-refractivity contribution in [2.24, 2.45) is 5.92 Å². The number of aromatic nitrogens is 3. The fourth-order valence-electron chi connectivity index (χ4n) is 1.54. The van der Waals surface area contributed by atoms with Crippen LogP contribution in [0.2, 0.25) is 0 Å². The second-order valence-corrected chi connectivity index (χ2v) is 4.65. The average molecular weight is 238 g/mol. The van der Waals surface area contributed by atoms with Crippen molar-refractivity contribution in [2.45, 2.75) is 46.5 Å². The van der Waals surface area contributed by atoms with Gasteiger partial charge in [-0.15, -0.1) is 5.10 Å². The Hall–Kier alpha value is -1.39. The van der Waals surface area contributed by atoms with E-state index in [0.717, 1.165) is 31.5 Å². The molecular weight excluding hydrogens is 216 g/mol. The fraction of sp³-hybridized carbons (Fsp3) is 0.750. The zero-order valence-corrected chi connectivity index (χ0v) is 10.9. The number of hydrogen-bond acceptors (Lipinski definition) is 3. The van der Waals surface area contributed by atoms with Crippen LogP contribution in [-0.2, 0) is 6.42 Å². The van der Waals surface area contributed by atoms with Gasteiger partial charge in [-0.25, -0.2) is 4.98 Å². The Morgan fingerprint density at radius 3 is 2.88 bits per heavy atom. The molecule has 5 heteroatoms. The first kappa shape index (κ1) is 13.7. The van der Waals surface area contributed by atoms with E-state index in [9.17, 15) is 4.79 Å². The highest BCUT2D eigenvalue weighted by atomic mass is 16.2. The van der Waals surface area contributed by atoms with Crippen molar-refractivity contribution in [2.75, 3.05) is 6.54 Å². The average Bonchev–Trinajstić information content (AvgIpc) is 2.73. The Morgan fingerprint density at radius 1 is 1.47 bits per heavy atom. The summed E-state index contributed by atoms with van der Waals surface area (Å²) in [7, 11) is 0. The number of hydrogen-bond donors (Lipinski definition) is 2. The van der Waals surface area contributed by atoms with Crippen molar-refractivity contribution in [1.29, 1.82) is 0 Å². The lowest BCUT2D eigenvalue weighted by Crippen LogP contribution is -2.25. The van der Waals surface area contributed by atoms with Gasteiger partial charge in [0.05, 0.1) is 0 Å². The van der Waals surface area contributed by atoms with Gasteiger partial charge < -0.3 is 5.32 Å². The van der Waals surface area contributed by atoms with E-state index in [2.05, 4.69) is 41.3 Å². The molecule has 0 saturated heterocycles. The summed E-state index contributed by atoms with van der Waals surface area (Å²) < 4.78 is 0. The molecule has 0 bridgehead atoms. The van der Waals surface area contributed by atoms with E-state index in [1.807, 2.05) is 0 Å². The van der Waals surface area contributed by atoms with Crippen LogP contribution in [0.4, 0.5) is 0 Å². The molecule has 2 N–H and O–H groups in total. The molecule has 5 nitrogen and oxygen atoms in total. The first-order chi connectivity index (χ1) is 8.13. The third kappa shape index (κ3) is 4.97. The van der Waals surface area contributed by atoms with E-state index >= 15 is 0 Å². The van der Waals surface area contributed by atoms with Crippen LogP contribution in [0.1, 0.15) is 56.5 Å². The molecule has 1 amide bonds. The number of nitrogens with zero attached hydrogens (tertiary/aromatic N) is 2. The van der Waals surface area contributed by atoms with Gasteiger partial charge in [0, 0.05) is 13.0 Å². The predicted octanol–water partition coefficient (Wildman–Crippen LogP) is 1.92. The number of aryl methyl sites for hydroxylation is 1. The monoisotopic (exact) mass is 238 g/mol. The Bertz CT molecular complexity index is 346. The lowest BCUT2D eigenvalue weighted by Gasteiger charge is -2.04. The van der Waals surface area contributed by atoms with Crippen LogP contribution >= 0.6 is 0 Å². The number of aromatic amines is 1. The van der Waals surface area contributed by atoms with Crippen LogP contribution in [0.15, 0.2) is 0 Å². The van der Waals surface area contributed by atoms with Crippen LogP contribution in [0, 0.1) is 5.92 Å². The maximum Gasteiger partial charge on any atom is 0.290 e. The second-order valence-electron chi connectivity index (χ2n) is 4.65. The number of H-pyrrole nitrogens is 1. The minimum absolute atomic E-state index is 0.188. The molecule has 0 atom stereocenters. The lowest BCUT2D eigenvalue weighted by molar-refractivity contribution is 0.0942. The molecule has 0 aliphatic heterocycles. The first-order valence-electron chi connectivity index (χ1n) is 6.33. The molecule has 0 fully saturated rings. The van der Waals surface area contributed by atoms with Crippen LogP contribution in [-0.4, -0.2) is 27.6 Å². The molecule has 0 aromatic carbocycles. The summed E-state index contributed by atoms with van der Waals surface area (Å²) >= 11 is 0. The van der Waals surface area contributed by atoms with Crippen molar-refractivity contribution in [3.05, 3.63) is 11.6 Å². The van der Waals surface area contributed by atoms with E-state index in [1.165, 1.54) is 0 Å². The third-order valence-corrected chi connectivity index (χ3v) is 2.47. The molecule has 0 unspecified atom stereocenters. The quantitative estimate of drug-likeness (QED) is 0.713. The summed E-state index contributed by atoms with van der Waals surface area (Å²) in [6, 6.07) is 0. The SMILES string of the molecule is CCCc1nc(C(=O)NCCCC(C)C)n[nH]1. The second kappa shape index (κ2) is 7.04. The minimum Gasteiger partial charge on any atom is -0.349 e. The van der Waals surface area contributed by atoms with E-state index in [0.29, 0.717) is 12.5 Å². The number of carbonyl (C=O) groups excluding carboxylic acids is 1. The van der Waals surface area contributed by atoms with Gasteiger partial charge in [0.25, 0.3) is 5.91 Å². The maximum absolute atomic E-state index is 11.7. The van der Waals surface area contributed by atoms with Gasteiger partial charge in [-0.2, -0.15) is 0 Å². The molecule has 1 rings (SSSR count). The van der Waals surface area contributed by atoms with Crippen LogP contribution in [0.25, 0.3) is 0 Å². The lowest BCUT2D eigenvalue weighted by atomic mass is 10.1. The number of nitrogens with one attached hydrogen (secondary N) is 2. The van der Waals surface area contributed by atoms with Gasteiger partial charge in [0.1, 0.15) is 5.82 Å². The van der Waals surface area contributed by atoms with Crippen molar-refractivity contribution >= 4 is 5.91 Å². The number of amides is 1. The summed E-state index contributed by atoms with van der Waals surface area (Å²) in [5.74, 6) is 1.51. The summed E-state index contributed by atoms with van der Waals surface area (Å²) in [5.41, 5.74) is 0. The van der Waals surface area contributed by atoms with Gasteiger partial charge in [-0.1, -0.05) is 20.8 Å². The predicted molar refractivity (Wildman–Crippen MR) is 66.8 cm³/mol. The number of rotatable bonds is 7. The standard InChI is InChI=1S/C12H22N4O/c1-4-6-10-14-11(16-15-10)12(17)13-8-5-7-9(2)3/h9H,4-8H2,1-3H3,(H,13,17)(H,14,15,16). The zero-order valence-electron chi connectivity index (χ0n) is 10.9. The topological polar surface area (TPSA) is 70.7 Å². The first-order valence-corrected chi connectivity index (χ1v) is 6.33. The minimum atomic E-state index is -0.188. The highest BCUT2D eigenvalue weighted by Gasteiger charge is 2.11. The van der Waals surface area contributed by atoms with Gasteiger partial charge >= 0.3 is 0 Å². The third-order valence-electron chi connectivity index (χ3n) is 2.47. The van der Waals surface area contributed by atoms with E-state index in [4.69, 9.17) is 0 Å². The highest BCUT2D eigenvalue weighted by molar-refractivity contribution is 5.90. The van der Waals surface area contributed by atoms with Crippen LogP contribution in [0.5, 0.6) is 0 Å². The summed E-state index contributed by atoms with van der Waals surface area (Å²) in [4.78, 5) is 15.8. The molecule has 0 aliphatic rings. The van der Waals surface area contributed by atoms with E-state index in [-0.39, 0.29) is 11.7 Å². The van der Waals surface area contributed by atoms with Gasteiger partial charge in [0.15, 0.2) is 0 Å². The molecule has 96 valence electrons. The van der Waals surface area contributed by atoms with Gasteiger partial charge in [0.2, 0.25) is 5.82 Å². The van der Waals surface area contributed by atoms with Crippen LogP contribution in [0.3, 0.4) is 0 Å². The summed E-state index contributed by atoms with van der Waals surface area (Å²) in [6.45, 7) is 7.10. The number of carbonyl (C=O) groups is 1. The van der Waals surface area contributed by atoms with Crippen molar-refractivity contribution in [1.82, 2.24) is 20.5 Å². The Kier molecular flexibility index (Phi) is 5.66. The Morgan fingerprint density at radius 2 is 2.24 bits per heavy atom. The molecule has 0 spiro atoms. The molecule has 0 saturated carbocycles. The van der Waals surface area contributed by atoms with Gasteiger partial charge in [-0.05, 0) is 25.2 Å². The Balaban J connectivity index is 2.31. The smallest absolute Gasteiger partial charge is 0.290 e. The molecule has 1 heterocycles. The van der Waals surface area contributed by atoms with Crippen molar-refractivity contribution in [3.8, 4) is 0 Å². The van der Waals surface area contributed by atoms with Gasteiger partial charge in [-0.3, -0.25) is 9.89 Å². The van der Waals surface area contributed by atoms with E-state index in [1.54, 1.807) is 0 Å². The molecular formula is C12H22N4O. The summed E-state index contributed by atoms with van der Waals surface area (Å²) in [5, 5.41) is 9.50. The summed E-state index contributed by atoms with van der Waals surface area (Å²) in [6.07, 6.45) is 3.93. The van der Waals surface area contributed by atoms with Crippen molar-refractivity contribution in [3.63, 3.8) is 0 Å². The van der Waals surface area contributed by atoms with Crippen LogP contribution < -0.4 is 5.32 Å². The fourth-order valence-corrected chi connectivity index (χ4v) is 1.54. The largest absolute Gasteiger partial charge is 0.349 e. The zero-order chi connectivity index (χ0) is 12.7. The molecule has 0 aliphatic carbocycles. The Labute approximate surface area is 102 Å². The molecule has 17 heavy (non-hydrogen) atoms. The highest BCUT2D eigenvalue weighted by Crippen LogP contribution is 2.02. The molecule has 0 radical (unpaired) electrons. The van der Waals surface area contributed by atoms with Crippen molar-refractivity contribution < 1.29 is 4.79 Å². The van der Waals surface area contributed by atoms with E-state index < -0.39 is 0 Å².